The molecule has 0 unspecified atom stereocenters. The number of rotatable bonds is 4. The van der Waals surface area contributed by atoms with Gasteiger partial charge < -0.3 is 15.1 Å². The summed E-state index contributed by atoms with van der Waals surface area (Å²) in [7, 11) is 0. The number of hydrogen-bond donors (Lipinski definition) is 1. The Hall–Kier alpha value is -2.63. The lowest BCUT2D eigenvalue weighted by Crippen LogP contribution is -2.22. The molecule has 4 rings (SSSR count). The predicted molar refractivity (Wildman–Crippen MR) is 99.3 cm³/mol. The van der Waals surface area contributed by atoms with Gasteiger partial charge in [0.15, 0.2) is 0 Å². The lowest BCUT2D eigenvalue weighted by atomic mass is 10.2. The van der Waals surface area contributed by atoms with Crippen LogP contribution in [-0.2, 0) is 0 Å². The van der Waals surface area contributed by atoms with E-state index >= 15 is 0 Å². The average Bonchev–Trinajstić information content (AvgIpc) is 3.36. The number of anilines is 3. The van der Waals surface area contributed by atoms with E-state index < -0.39 is 0 Å². The maximum absolute atomic E-state index is 12.5. The highest BCUT2D eigenvalue weighted by molar-refractivity contribution is 6.03. The lowest BCUT2D eigenvalue weighted by molar-refractivity contribution is 0.102. The van der Waals surface area contributed by atoms with Crippen LogP contribution in [0, 0.1) is 0 Å². The zero-order valence-electron chi connectivity index (χ0n) is 14.3. The molecular weight excluding hydrogens is 314 g/mol. The summed E-state index contributed by atoms with van der Waals surface area (Å²) < 4.78 is 0. The quantitative estimate of drug-likeness (QED) is 0.929. The second-order valence-corrected chi connectivity index (χ2v) is 6.63. The zero-order chi connectivity index (χ0) is 17.1. The number of amides is 1. The number of benzene rings is 1. The molecule has 0 atom stereocenters. The summed E-state index contributed by atoms with van der Waals surface area (Å²) in [5.41, 5.74) is 2.41. The number of carbonyl (C=O) groups is 1. The van der Waals surface area contributed by atoms with Crippen LogP contribution in [0.4, 0.5) is 17.3 Å². The molecule has 1 aromatic heterocycles. The molecule has 0 bridgehead atoms. The summed E-state index contributed by atoms with van der Waals surface area (Å²) in [5, 5.41) is 2.93. The first-order chi connectivity index (χ1) is 12.3. The molecule has 2 aromatic rings. The highest BCUT2D eigenvalue weighted by Crippen LogP contribution is 2.22. The molecule has 2 aliphatic heterocycles. The summed E-state index contributed by atoms with van der Waals surface area (Å²) in [6.07, 6.45) is 6.48. The van der Waals surface area contributed by atoms with Gasteiger partial charge in [0.25, 0.3) is 5.91 Å². The Labute approximate surface area is 147 Å². The van der Waals surface area contributed by atoms with Gasteiger partial charge >= 0.3 is 0 Å². The Bertz CT molecular complexity index is 734. The smallest absolute Gasteiger partial charge is 0.274 e. The van der Waals surface area contributed by atoms with Crippen LogP contribution < -0.4 is 15.1 Å². The molecule has 0 radical (unpaired) electrons. The minimum absolute atomic E-state index is 0.197. The minimum atomic E-state index is -0.197. The number of aromatic nitrogens is 2. The molecule has 2 saturated heterocycles. The monoisotopic (exact) mass is 337 g/mol. The van der Waals surface area contributed by atoms with Gasteiger partial charge in [-0.3, -0.25) is 4.79 Å². The third-order valence-electron chi connectivity index (χ3n) is 4.86. The number of carbonyl (C=O) groups excluding carboxylic acids is 1. The minimum Gasteiger partial charge on any atom is -0.372 e. The first-order valence-corrected chi connectivity index (χ1v) is 9.04. The van der Waals surface area contributed by atoms with Crippen molar-refractivity contribution in [1.82, 2.24) is 9.97 Å². The molecule has 6 nitrogen and oxygen atoms in total. The Morgan fingerprint density at radius 2 is 1.52 bits per heavy atom. The molecule has 1 N–H and O–H groups in total. The van der Waals surface area contributed by atoms with Gasteiger partial charge in [0.2, 0.25) is 5.95 Å². The van der Waals surface area contributed by atoms with E-state index in [4.69, 9.17) is 0 Å². The van der Waals surface area contributed by atoms with Crippen LogP contribution >= 0.6 is 0 Å². The van der Waals surface area contributed by atoms with Crippen LogP contribution in [0.5, 0.6) is 0 Å². The average molecular weight is 337 g/mol. The molecule has 2 aliphatic rings. The van der Waals surface area contributed by atoms with E-state index in [0.717, 1.165) is 44.7 Å². The topological polar surface area (TPSA) is 61.4 Å². The molecule has 1 aromatic carbocycles. The molecular formula is C19H23N5O. The maximum Gasteiger partial charge on any atom is 0.274 e. The van der Waals surface area contributed by atoms with Crippen molar-refractivity contribution in [1.29, 1.82) is 0 Å². The standard InChI is InChI=1S/C19H23N5O/c25-18(17-9-10-20-19(22-17)24-13-3-4-14-24)21-15-5-7-16(8-6-15)23-11-1-2-12-23/h5-10H,1-4,11-14H2,(H,21,25). The van der Waals surface area contributed by atoms with Gasteiger partial charge in [-0.05, 0) is 56.0 Å². The van der Waals surface area contributed by atoms with Crippen LogP contribution in [0.25, 0.3) is 0 Å². The maximum atomic E-state index is 12.5. The summed E-state index contributed by atoms with van der Waals surface area (Å²) >= 11 is 0. The molecule has 130 valence electrons. The van der Waals surface area contributed by atoms with Gasteiger partial charge in [-0.15, -0.1) is 0 Å². The summed E-state index contributed by atoms with van der Waals surface area (Å²) in [5.74, 6) is 0.450. The number of nitrogens with zero attached hydrogens (tertiary/aromatic N) is 4. The summed E-state index contributed by atoms with van der Waals surface area (Å²) in [6, 6.07) is 9.70. The van der Waals surface area contributed by atoms with E-state index in [1.165, 1.54) is 18.5 Å². The Morgan fingerprint density at radius 3 is 2.20 bits per heavy atom. The van der Waals surface area contributed by atoms with Crippen LogP contribution in [0.15, 0.2) is 36.5 Å². The van der Waals surface area contributed by atoms with Gasteiger partial charge in [0, 0.05) is 43.8 Å². The fourth-order valence-corrected chi connectivity index (χ4v) is 3.47. The molecule has 0 aliphatic carbocycles. The number of nitrogens with one attached hydrogen (secondary N) is 1. The fourth-order valence-electron chi connectivity index (χ4n) is 3.47. The molecule has 3 heterocycles. The van der Waals surface area contributed by atoms with Crippen molar-refractivity contribution < 1.29 is 4.79 Å². The van der Waals surface area contributed by atoms with Crippen molar-refractivity contribution in [2.45, 2.75) is 25.7 Å². The first-order valence-electron chi connectivity index (χ1n) is 9.04. The van der Waals surface area contributed by atoms with Gasteiger partial charge in [-0.25, -0.2) is 9.97 Å². The largest absolute Gasteiger partial charge is 0.372 e. The van der Waals surface area contributed by atoms with Crippen molar-refractivity contribution in [3.63, 3.8) is 0 Å². The summed E-state index contributed by atoms with van der Waals surface area (Å²) in [4.78, 5) is 25.7. The lowest BCUT2D eigenvalue weighted by Gasteiger charge is -2.18. The third kappa shape index (κ3) is 3.57. The third-order valence-corrected chi connectivity index (χ3v) is 4.86. The first kappa shape index (κ1) is 15.9. The van der Waals surface area contributed by atoms with Crippen molar-refractivity contribution in [3.05, 3.63) is 42.2 Å². The second-order valence-electron chi connectivity index (χ2n) is 6.63. The molecule has 0 spiro atoms. The Kier molecular flexibility index (Phi) is 4.50. The summed E-state index contributed by atoms with van der Waals surface area (Å²) in [6.45, 7) is 4.16. The van der Waals surface area contributed by atoms with Crippen molar-refractivity contribution in [2.24, 2.45) is 0 Å². The van der Waals surface area contributed by atoms with Gasteiger partial charge in [0.05, 0.1) is 0 Å². The van der Waals surface area contributed by atoms with Crippen molar-refractivity contribution in [3.8, 4) is 0 Å². The fraction of sp³-hybridized carbons (Fsp3) is 0.421. The molecule has 0 saturated carbocycles. The van der Waals surface area contributed by atoms with Gasteiger partial charge in [0.1, 0.15) is 5.69 Å². The predicted octanol–water partition coefficient (Wildman–Crippen LogP) is 2.93. The van der Waals surface area contributed by atoms with Crippen molar-refractivity contribution in [2.75, 3.05) is 41.3 Å². The van der Waals surface area contributed by atoms with Crippen molar-refractivity contribution >= 4 is 23.2 Å². The van der Waals surface area contributed by atoms with Gasteiger partial charge in [-0.2, -0.15) is 0 Å². The SMILES string of the molecule is O=C(Nc1ccc(N2CCCC2)cc1)c1ccnc(N2CCCC2)n1. The highest BCUT2D eigenvalue weighted by Gasteiger charge is 2.17. The van der Waals surface area contributed by atoms with E-state index in [2.05, 4.69) is 37.2 Å². The van der Waals surface area contributed by atoms with Crippen LogP contribution in [0.1, 0.15) is 36.2 Å². The zero-order valence-corrected chi connectivity index (χ0v) is 14.3. The normalized spacial score (nSPS) is 17.1. The molecule has 2 fully saturated rings. The molecule has 25 heavy (non-hydrogen) atoms. The van der Waals surface area contributed by atoms with Crippen LogP contribution in [0.2, 0.25) is 0 Å². The molecule has 1 amide bonds. The molecule has 6 heteroatoms. The van der Waals surface area contributed by atoms with Crippen LogP contribution in [0.3, 0.4) is 0 Å². The van der Waals surface area contributed by atoms with E-state index in [9.17, 15) is 4.79 Å². The van der Waals surface area contributed by atoms with E-state index in [1.807, 2.05) is 12.1 Å². The van der Waals surface area contributed by atoms with E-state index in [1.54, 1.807) is 12.3 Å². The van der Waals surface area contributed by atoms with Gasteiger partial charge in [-0.1, -0.05) is 0 Å². The highest BCUT2D eigenvalue weighted by atomic mass is 16.1. The van der Waals surface area contributed by atoms with E-state index in [0.29, 0.717) is 11.6 Å². The van der Waals surface area contributed by atoms with Crippen LogP contribution in [-0.4, -0.2) is 42.1 Å². The van der Waals surface area contributed by atoms with E-state index in [-0.39, 0.29) is 5.91 Å². The Balaban J connectivity index is 1.43. The Morgan fingerprint density at radius 1 is 0.880 bits per heavy atom. The second kappa shape index (κ2) is 7.09. The number of hydrogen-bond acceptors (Lipinski definition) is 5.